The number of hydrogen-bond acceptors (Lipinski definition) is 0. The van der Waals surface area contributed by atoms with Crippen LogP contribution in [-0.4, -0.2) is 20.0 Å². The molecule has 0 N–H and O–H groups in total. The quantitative estimate of drug-likeness (QED) is 0.416. The fraction of sp³-hybridized carbons (Fsp3) is 1.00. The minimum absolute atomic E-state index is 0.380. The smallest absolute Gasteiger partial charge is 0.0449 e. The minimum Gasteiger partial charge on any atom is -0.116 e. The highest BCUT2D eigenvalue weighted by atomic mass is 31.1. The average Bonchev–Trinajstić information content (AvgIpc) is 1.41. The summed E-state index contributed by atoms with van der Waals surface area (Å²) in [6.45, 7) is 10.7. The van der Waals surface area contributed by atoms with Crippen molar-refractivity contribution in [1.29, 1.82) is 0 Å². The molecule has 40 valence electrons. The van der Waals surface area contributed by atoms with E-state index in [4.69, 9.17) is 0 Å². The normalized spacial score (nSPS) is 7.00. The second-order valence-electron chi connectivity index (χ2n) is 1.34. The van der Waals surface area contributed by atoms with Gasteiger partial charge in [-0.1, -0.05) is 13.8 Å². The van der Waals surface area contributed by atoms with Crippen molar-refractivity contribution in [2.24, 2.45) is 0 Å². The molecule has 1 heteroatoms. The first-order chi connectivity index (χ1) is 2.73. The second kappa shape index (κ2) is 9.06. The molecule has 0 rings (SSSR count). The van der Waals surface area contributed by atoms with Crippen LogP contribution in [0.4, 0.5) is 0 Å². The van der Waals surface area contributed by atoms with E-state index < -0.39 is 0 Å². The Hall–Kier alpha value is 0.430. The Balaban J connectivity index is 0. The topological polar surface area (TPSA) is 0 Å². The predicted molar refractivity (Wildman–Crippen MR) is 36.0 cm³/mol. The Labute approximate surface area is 42.7 Å². The summed E-state index contributed by atoms with van der Waals surface area (Å²) in [6, 6.07) is 0. The molecule has 0 aromatic rings. The largest absolute Gasteiger partial charge is 0.116 e. The predicted octanol–water partition coefficient (Wildman–Crippen LogP) is 2.38. The first-order valence-corrected chi connectivity index (χ1v) is 5.02. The van der Waals surface area contributed by atoms with Gasteiger partial charge >= 0.3 is 0 Å². The van der Waals surface area contributed by atoms with Crippen molar-refractivity contribution in [1.82, 2.24) is 0 Å². The Morgan fingerprint density at radius 3 is 0.833 bits per heavy atom. The molecule has 0 atom stereocenters. The number of rotatable bonds is 0. The first kappa shape index (κ1) is 9.66. The summed E-state index contributed by atoms with van der Waals surface area (Å²) in [5, 5.41) is 0. The average molecular weight is 106 g/mol. The van der Waals surface area contributed by atoms with Gasteiger partial charge in [0.15, 0.2) is 0 Å². The fourth-order valence-electron chi connectivity index (χ4n) is 0. The minimum atomic E-state index is 0.380. The van der Waals surface area contributed by atoms with Gasteiger partial charge in [0.05, 0.1) is 0 Å². The van der Waals surface area contributed by atoms with E-state index in [0.29, 0.717) is 7.92 Å². The standard InChI is InChI=1S/C3H9P.C2H6/c1-4(2)3;1-2/h1-3H3;1-2H3. The van der Waals surface area contributed by atoms with Crippen LogP contribution in [0.25, 0.3) is 0 Å². The highest BCUT2D eigenvalue weighted by molar-refractivity contribution is 7.55. The third-order valence-electron chi connectivity index (χ3n) is 0. The van der Waals surface area contributed by atoms with Crippen LogP contribution in [0.3, 0.4) is 0 Å². The zero-order valence-corrected chi connectivity index (χ0v) is 6.34. The molecule has 0 aliphatic rings. The van der Waals surface area contributed by atoms with Gasteiger partial charge < -0.3 is 0 Å². The monoisotopic (exact) mass is 106 g/mol. The molecule has 0 spiro atoms. The molecule has 0 bridgehead atoms. The third-order valence-corrected chi connectivity index (χ3v) is 0. The molecule has 0 heterocycles. The number of hydrogen-bond donors (Lipinski definition) is 0. The van der Waals surface area contributed by atoms with Crippen LogP contribution in [0, 0.1) is 0 Å². The molecule has 0 aromatic carbocycles. The van der Waals surface area contributed by atoms with E-state index in [1.54, 1.807) is 0 Å². The Morgan fingerprint density at radius 2 is 0.833 bits per heavy atom. The van der Waals surface area contributed by atoms with Gasteiger partial charge in [-0.3, -0.25) is 0 Å². The van der Waals surface area contributed by atoms with Crippen molar-refractivity contribution in [2.75, 3.05) is 20.0 Å². The van der Waals surface area contributed by atoms with Crippen molar-refractivity contribution in [3.05, 3.63) is 0 Å². The SMILES string of the molecule is CC.CP(C)C. The highest BCUT2D eigenvalue weighted by Gasteiger charge is 1.65. The fourth-order valence-corrected chi connectivity index (χ4v) is 0. The molecule has 6 heavy (non-hydrogen) atoms. The van der Waals surface area contributed by atoms with E-state index in [2.05, 4.69) is 20.0 Å². The van der Waals surface area contributed by atoms with Gasteiger partial charge in [0, 0.05) is 0 Å². The summed E-state index contributed by atoms with van der Waals surface area (Å²) in [7, 11) is 0.380. The Morgan fingerprint density at radius 1 is 0.833 bits per heavy atom. The first-order valence-electron chi connectivity index (χ1n) is 2.34. The van der Waals surface area contributed by atoms with E-state index in [9.17, 15) is 0 Å². The van der Waals surface area contributed by atoms with Crippen LogP contribution < -0.4 is 0 Å². The van der Waals surface area contributed by atoms with Crippen LogP contribution >= 0.6 is 7.92 Å². The Kier molecular flexibility index (Phi) is 14.6. The van der Waals surface area contributed by atoms with Crippen LogP contribution in [0.2, 0.25) is 0 Å². The molecular formula is C5H15P. The summed E-state index contributed by atoms with van der Waals surface area (Å²) in [5.41, 5.74) is 0. The summed E-state index contributed by atoms with van der Waals surface area (Å²) in [5.74, 6) is 0. The summed E-state index contributed by atoms with van der Waals surface area (Å²) in [6.07, 6.45) is 0. The summed E-state index contributed by atoms with van der Waals surface area (Å²) >= 11 is 0. The van der Waals surface area contributed by atoms with Crippen molar-refractivity contribution < 1.29 is 0 Å². The maximum Gasteiger partial charge on any atom is -0.0449 e. The van der Waals surface area contributed by atoms with E-state index in [0.717, 1.165) is 0 Å². The summed E-state index contributed by atoms with van der Waals surface area (Å²) in [4.78, 5) is 0. The van der Waals surface area contributed by atoms with Gasteiger partial charge in [-0.15, -0.1) is 7.92 Å². The van der Waals surface area contributed by atoms with Gasteiger partial charge in [-0.2, -0.15) is 0 Å². The second-order valence-corrected chi connectivity index (χ2v) is 4.02. The van der Waals surface area contributed by atoms with Crippen molar-refractivity contribution in [2.45, 2.75) is 13.8 Å². The lowest BCUT2D eigenvalue weighted by atomic mass is 11.0. The zero-order valence-electron chi connectivity index (χ0n) is 5.45. The lowest BCUT2D eigenvalue weighted by Gasteiger charge is -1.81. The maximum absolute atomic E-state index is 2.23. The molecule has 0 saturated carbocycles. The van der Waals surface area contributed by atoms with Gasteiger partial charge in [-0.25, -0.2) is 0 Å². The van der Waals surface area contributed by atoms with E-state index >= 15 is 0 Å². The molecule has 0 aliphatic carbocycles. The van der Waals surface area contributed by atoms with Crippen LogP contribution in [0.1, 0.15) is 13.8 Å². The molecule has 0 aromatic heterocycles. The lowest BCUT2D eigenvalue weighted by molar-refractivity contribution is 1.50. The van der Waals surface area contributed by atoms with Crippen molar-refractivity contribution in [3.8, 4) is 0 Å². The molecule has 0 unspecified atom stereocenters. The molecule has 0 amide bonds. The molecule has 0 aliphatic heterocycles. The van der Waals surface area contributed by atoms with Gasteiger partial charge in [-0.05, 0) is 20.0 Å². The zero-order chi connectivity index (χ0) is 5.58. The van der Waals surface area contributed by atoms with E-state index in [1.165, 1.54) is 0 Å². The third kappa shape index (κ3) is 282. The van der Waals surface area contributed by atoms with E-state index in [1.807, 2.05) is 13.8 Å². The van der Waals surface area contributed by atoms with Crippen LogP contribution in [0.15, 0.2) is 0 Å². The summed E-state index contributed by atoms with van der Waals surface area (Å²) < 4.78 is 0. The molecular weight excluding hydrogens is 91.0 g/mol. The van der Waals surface area contributed by atoms with Gasteiger partial charge in [0.25, 0.3) is 0 Å². The van der Waals surface area contributed by atoms with Crippen molar-refractivity contribution >= 4 is 7.92 Å². The maximum atomic E-state index is 2.23. The van der Waals surface area contributed by atoms with Crippen LogP contribution in [-0.2, 0) is 0 Å². The molecule has 0 fully saturated rings. The van der Waals surface area contributed by atoms with Crippen LogP contribution in [0.5, 0.6) is 0 Å². The molecule has 0 radical (unpaired) electrons. The Bertz CT molecular complexity index is 8.66. The molecule has 0 saturated heterocycles. The van der Waals surface area contributed by atoms with Gasteiger partial charge in [0.2, 0.25) is 0 Å². The molecule has 0 nitrogen and oxygen atoms in total. The van der Waals surface area contributed by atoms with Gasteiger partial charge in [0.1, 0.15) is 0 Å². The van der Waals surface area contributed by atoms with E-state index in [-0.39, 0.29) is 0 Å². The van der Waals surface area contributed by atoms with Crippen molar-refractivity contribution in [3.63, 3.8) is 0 Å². The highest BCUT2D eigenvalue weighted by Crippen LogP contribution is 2.14. The lowest BCUT2D eigenvalue weighted by Crippen LogP contribution is -1.48.